The normalized spacial score (nSPS) is 25.7. The monoisotopic (exact) mass is 203 g/mol. The van der Waals surface area contributed by atoms with Crippen LogP contribution in [0, 0.1) is 5.41 Å². The van der Waals surface area contributed by atoms with Gasteiger partial charge in [0.1, 0.15) is 0 Å². The second-order valence-corrected chi connectivity index (χ2v) is 4.27. The highest BCUT2D eigenvalue weighted by atomic mass is 16.3. The molecule has 1 aliphatic heterocycles. The summed E-state index contributed by atoms with van der Waals surface area (Å²) in [7, 11) is 0. The van der Waals surface area contributed by atoms with Crippen LogP contribution in [0.1, 0.15) is 26.2 Å². The van der Waals surface area contributed by atoms with E-state index in [0.717, 1.165) is 25.9 Å². The van der Waals surface area contributed by atoms with Crippen LogP contribution in [0.3, 0.4) is 0 Å². The Morgan fingerprint density at radius 3 is 2.29 bits per heavy atom. The van der Waals surface area contributed by atoms with Crippen LogP contribution in [0.5, 0.6) is 0 Å². The molecule has 1 fully saturated rings. The Labute approximate surface area is 85.0 Å². The maximum absolute atomic E-state index is 9.94. The molecule has 0 aromatic heterocycles. The summed E-state index contributed by atoms with van der Waals surface area (Å²) in [6.07, 6.45) is 0.761. The smallest absolute Gasteiger partial charge is 0.0854 e. The van der Waals surface area contributed by atoms with Crippen molar-refractivity contribution in [2.75, 3.05) is 19.7 Å². The van der Waals surface area contributed by atoms with Gasteiger partial charge < -0.3 is 20.6 Å². The zero-order valence-corrected chi connectivity index (χ0v) is 8.74. The molecule has 2 unspecified atom stereocenters. The van der Waals surface area contributed by atoms with E-state index in [4.69, 9.17) is 5.11 Å². The highest BCUT2D eigenvalue weighted by Crippen LogP contribution is 2.37. The predicted octanol–water partition coefficient (Wildman–Crippen LogP) is -0.520. The molecule has 84 valence electrons. The second-order valence-electron chi connectivity index (χ2n) is 4.27. The van der Waals surface area contributed by atoms with Gasteiger partial charge in [0.25, 0.3) is 0 Å². The second kappa shape index (κ2) is 5.07. The Morgan fingerprint density at radius 1 is 1.29 bits per heavy atom. The maximum Gasteiger partial charge on any atom is 0.0854 e. The van der Waals surface area contributed by atoms with Crippen LogP contribution in [0.2, 0.25) is 0 Å². The number of aliphatic hydroxyl groups is 3. The lowest BCUT2D eigenvalue weighted by Gasteiger charge is -2.42. The maximum atomic E-state index is 9.94. The lowest BCUT2D eigenvalue weighted by molar-refractivity contribution is -0.0806. The van der Waals surface area contributed by atoms with E-state index in [1.807, 2.05) is 0 Å². The summed E-state index contributed by atoms with van der Waals surface area (Å²) >= 11 is 0. The largest absolute Gasteiger partial charge is 0.396 e. The minimum Gasteiger partial charge on any atom is -0.396 e. The third-order valence-electron chi connectivity index (χ3n) is 3.29. The van der Waals surface area contributed by atoms with Crippen molar-refractivity contribution >= 4 is 0 Å². The summed E-state index contributed by atoms with van der Waals surface area (Å²) in [5.41, 5.74) is -0.297. The van der Waals surface area contributed by atoms with E-state index in [0.29, 0.717) is 6.42 Å². The summed E-state index contributed by atoms with van der Waals surface area (Å²) < 4.78 is 0. The molecule has 1 saturated heterocycles. The minimum atomic E-state index is -0.725. The first-order chi connectivity index (χ1) is 6.62. The fourth-order valence-corrected chi connectivity index (χ4v) is 2.35. The van der Waals surface area contributed by atoms with Crippen molar-refractivity contribution < 1.29 is 15.3 Å². The molecule has 1 heterocycles. The van der Waals surface area contributed by atoms with Crippen molar-refractivity contribution in [3.05, 3.63) is 0 Å². The third-order valence-corrected chi connectivity index (χ3v) is 3.29. The van der Waals surface area contributed by atoms with Gasteiger partial charge in [-0.05, 0) is 39.3 Å². The number of hydrogen-bond acceptors (Lipinski definition) is 4. The Bertz CT molecular complexity index is 161. The molecule has 0 bridgehead atoms. The van der Waals surface area contributed by atoms with Crippen LogP contribution < -0.4 is 5.32 Å². The van der Waals surface area contributed by atoms with Gasteiger partial charge in [0.05, 0.1) is 12.2 Å². The van der Waals surface area contributed by atoms with Gasteiger partial charge in [-0.3, -0.25) is 0 Å². The fourth-order valence-electron chi connectivity index (χ4n) is 2.35. The van der Waals surface area contributed by atoms with Crippen LogP contribution in [-0.4, -0.2) is 47.2 Å². The Kier molecular flexibility index (Phi) is 4.31. The molecule has 2 atom stereocenters. The van der Waals surface area contributed by atoms with Crippen molar-refractivity contribution in [1.29, 1.82) is 0 Å². The number of hydrogen-bond donors (Lipinski definition) is 4. The van der Waals surface area contributed by atoms with E-state index in [1.165, 1.54) is 0 Å². The minimum absolute atomic E-state index is 0.0732. The molecule has 0 aliphatic carbocycles. The van der Waals surface area contributed by atoms with Crippen molar-refractivity contribution in [2.24, 2.45) is 5.41 Å². The summed E-state index contributed by atoms with van der Waals surface area (Å²) in [6.45, 7) is 3.38. The van der Waals surface area contributed by atoms with Crippen molar-refractivity contribution in [3.8, 4) is 0 Å². The van der Waals surface area contributed by atoms with Gasteiger partial charge in [-0.25, -0.2) is 0 Å². The molecule has 4 N–H and O–H groups in total. The molecule has 0 spiro atoms. The van der Waals surface area contributed by atoms with Crippen molar-refractivity contribution in [2.45, 2.75) is 38.4 Å². The summed E-state index contributed by atoms with van der Waals surface area (Å²) in [5.74, 6) is 0. The number of aliphatic hydroxyl groups excluding tert-OH is 3. The van der Waals surface area contributed by atoms with Crippen LogP contribution >= 0.6 is 0 Å². The Hall–Kier alpha value is -0.160. The molecular weight excluding hydrogens is 182 g/mol. The molecule has 0 amide bonds. The van der Waals surface area contributed by atoms with E-state index < -0.39 is 12.2 Å². The quantitative estimate of drug-likeness (QED) is 0.496. The molecule has 4 heteroatoms. The standard InChI is InChI=1S/C10H21NO3/c1-8(13)9(14)10(4-7-12)2-5-11-6-3-10/h8-9,11-14H,2-7H2,1H3. The molecule has 0 aromatic carbocycles. The number of rotatable bonds is 4. The Morgan fingerprint density at radius 2 is 1.86 bits per heavy atom. The molecule has 1 aliphatic rings. The Balaban J connectivity index is 2.68. The average Bonchev–Trinajstić information content (AvgIpc) is 2.18. The van der Waals surface area contributed by atoms with E-state index in [9.17, 15) is 10.2 Å². The van der Waals surface area contributed by atoms with Crippen molar-refractivity contribution in [1.82, 2.24) is 5.32 Å². The van der Waals surface area contributed by atoms with Gasteiger partial charge in [-0.2, -0.15) is 0 Å². The van der Waals surface area contributed by atoms with Crippen LogP contribution in [0.4, 0.5) is 0 Å². The zero-order chi connectivity index (χ0) is 10.6. The van der Waals surface area contributed by atoms with E-state index >= 15 is 0 Å². The lowest BCUT2D eigenvalue weighted by Crippen LogP contribution is -2.49. The lowest BCUT2D eigenvalue weighted by atomic mass is 9.70. The summed E-state index contributed by atoms with van der Waals surface area (Å²) in [4.78, 5) is 0. The molecule has 0 radical (unpaired) electrons. The van der Waals surface area contributed by atoms with Gasteiger partial charge in [-0.1, -0.05) is 0 Å². The third kappa shape index (κ3) is 2.45. The van der Waals surface area contributed by atoms with Crippen LogP contribution in [0.15, 0.2) is 0 Å². The SMILES string of the molecule is CC(O)C(O)C1(CCO)CCNCC1. The van der Waals surface area contributed by atoms with E-state index in [-0.39, 0.29) is 12.0 Å². The molecule has 0 saturated carbocycles. The van der Waals surface area contributed by atoms with E-state index in [1.54, 1.807) is 6.92 Å². The van der Waals surface area contributed by atoms with Gasteiger partial charge in [0, 0.05) is 12.0 Å². The number of nitrogens with one attached hydrogen (secondary N) is 1. The van der Waals surface area contributed by atoms with Crippen LogP contribution in [0.25, 0.3) is 0 Å². The number of piperidine rings is 1. The first kappa shape index (κ1) is 11.9. The zero-order valence-electron chi connectivity index (χ0n) is 8.74. The molecular formula is C10H21NO3. The summed E-state index contributed by atoms with van der Waals surface area (Å²) in [5, 5.41) is 31.6. The first-order valence-electron chi connectivity index (χ1n) is 5.30. The molecule has 14 heavy (non-hydrogen) atoms. The van der Waals surface area contributed by atoms with Gasteiger partial charge in [0.2, 0.25) is 0 Å². The van der Waals surface area contributed by atoms with Gasteiger partial charge in [-0.15, -0.1) is 0 Å². The first-order valence-corrected chi connectivity index (χ1v) is 5.30. The molecule has 4 nitrogen and oxygen atoms in total. The van der Waals surface area contributed by atoms with Crippen molar-refractivity contribution in [3.63, 3.8) is 0 Å². The van der Waals surface area contributed by atoms with Crippen LogP contribution in [-0.2, 0) is 0 Å². The van der Waals surface area contributed by atoms with Gasteiger partial charge in [0.15, 0.2) is 0 Å². The highest BCUT2D eigenvalue weighted by molar-refractivity contribution is 4.92. The average molecular weight is 203 g/mol. The highest BCUT2D eigenvalue weighted by Gasteiger charge is 2.40. The van der Waals surface area contributed by atoms with E-state index in [2.05, 4.69) is 5.32 Å². The van der Waals surface area contributed by atoms with Gasteiger partial charge >= 0.3 is 0 Å². The molecule has 0 aromatic rings. The predicted molar refractivity (Wildman–Crippen MR) is 53.9 cm³/mol. The fraction of sp³-hybridized carbons (Fsp3) is 1.00. The topological polar surface area (TPSA) is 72.7 Å². The summed E-state index contributed by atoms with van der Waals surface area (Å²) in [6, 6.07) is 0. The molecule has 1 rings (SSSR count).